The number of sulfonamides is 1. The SMILES string of the molecule is CC1(C)CCCC1NS(=O)(=O)c1ccc(CNC2CC2)s1. The first-order valence-electron chi connectivity index (χ1n) is 7.71. The molecule has 0 radical (unpaired) electrons. The quantitative estimate of drug-likeness (QED) is 0.844. The fourth-order valence-corrected chi connectivity index (χ4v) is 5.69. The molecule has 0 saturated heterocycles. The fraction of sp³-hybridized carbons (Fsp3) is 0.733. The van der Waals surface area contributed by atoms with E-state index in [2.05, 4.69) is 23.9 Å². The van der Waals surface area contributed by atoms with E-state index < -0.39 is 10.0 Å². The lowest BCUT2D eigenvalue weighted by molar-refractivity contribution is 0.313. The molecule has 0 bridgehead atoms. The molecule has 0 spiro atoms. The Bertz CT molecular complexity index is 603. The van der Waals surface area contributed by atoms with Crippen LogP contribution in [0.1, 0.15) is 50.8 Å². The summed E-state index contributed by atoms with van der Waals surface area (Å²) >= 11 is 1.38. The van der Waals surface area contributed by atoms with Gasteiger partial charge in [-0.05, 0) is 43.2 Å². The number of hydrogen-bond donors (Lipinski definition) is 2. The lowest BCUT2D eigenvalue weighted by Gasteiger charge is -2.27. The molecule has 0 aromatic carbocycles. The van der Waals surface area contributed by atoms with Crippen molar-refractivity contribution >= 4 is 21.4 Å². The van der Waals surface area contributed by atoms with E-state index in [1.165, 1.54) is 24.2 Å². The Morgan fingerprint density at radius 1 is 1.29 bits per heavy atom. The van der Waals surface area contributed by atoms with Gasteiger partial charge >= 0.3 is 0 Å². The van der Waals surface area contributed by atoms with Crippen LogP contribution < -0.4 is 10.0 Å². The first kappa shape index (κ1) is 15.5. The summed E-state index contributed by atoms with van der Waals surface area (Å²) in [6.45, 7) is 5.07. The molecule has 21 heavy (non-hydrogen) atoms. The first-order chi connectivity index (χ1) is 9.87. The van der Waals surface area contributed by atoms with Gasteiger partial charge in [0, 0.05) is 23.5 Å². The van der Waals surface area contributed by atoms with Crippen molar-refractivity contribution in [2.75, 3.05) is 0 Å². The summed E-state index contributed by atoms with van der Waals surface area (Å²) in [7, 11) is -3.38. The Balaban J connectivity index is 1.66. The van der Waals surface area contributed by atoms with Crippen LogP contribution in [0.2, 0.25) is 0 Å². The molecule has 1 aromatic heterocycles. The van der Waals surface area contributed by atoms with E-state index in [0.29, 0.717) is 10.3 Å². The molecule has 2 fully saturated rings. The van der Waals surface area contributed by atoms with Gasteiger partial charge in [-0.3, -0.25) is 0 Å². The molecule has 2 saturated carbocycles. The van der Waals surface area contributed by atoms with Gasteiger partial charge in [-0.25, -0.2) is 13.1 Å². The van der Waals surface area contributed by atoms with Crippen LogP contribution in [-0.2, 0) is 16.6 Å². The number of thiophene rings is 1. The van der Waals surface area contributed by atoms with E-state index in [4.69, 9.17) is 0 Å². The van der Waals surface area contributed by atoms with E-state index in [0.717, 1.165) is 30.7 Å². The number of hydrogen-bond acceptors (Lipinski definition) is 4. The molecule has 2 N–H and O–H groups in total. The third kappa shape index (κ3) is 3.67. The second kappa shape index (κ2) is 5.65. The largest absolute Gasteiger partial charge is 0.309 e. The smallest absolute Gasteiger partial charge is 0.250 e. The molecule has 1 heterocycles. The van der Waals surface area contributed by atoms with Gasteiger partial charge in [-0.15, -0.1) is 11.3 Å². The molecule has 1 unspecified atom stereocenters. The second-order valence-corrected chi connectivity index (χ2v) is 10.0. The maximum Gasteiger partial charge on any atom is 0.250 e. The van der Waals surface area contributed by atoms with Crippen LogP contribution in [0, 0.1) is 5.41 Å². The molecular weight excluding hydrogens is 304 g/mol. The van der Waals surface area contributed by atoms with Gasteiger partial charge in [0.2, 0.25) is 10.0 Å². The van der Waals surface area contributed by atoms with Gasteiger partial charge < -0.3 is 5.32 Å². The standard InChI is InChI=1S/C15H24N2O2S2/c1-15(2)9-3-4-13(15)17-21(18,19)14-8-7-12(20-14)10-16-11-5-6-11/h7-8,11,13,16-17H,3-6,9-10H2,1-2H3. The highest BCUT2D eigenvalue weighted by Crippen LogP contribution is 2.38. The third-order valence-corrected chi connectivity index (χ3v) is 7.65. The highest BCUT2D eigenvalue weighted by Gasteiger charge is 2.37. The average molecular weight is 329 g/mol. The van der Waals surface area contributed by atoms with E-state index in [9.17, 15) is 8.42 Å². The van der Waals surface area contributed by atoms with Crippen molar-refractivity contribution in [1.82, 2.24) is 10.0 Å². The molecule has 4 nitrogen and oxygen atoms in total. The summed E-state index contributed by atoms with van der Waals surface area (Å²) in [5.41, 5.74) is 0.0562. The molecule has 0 aliphatic heterocycles. The van der Waals surface area contributed by atoms with Crippen LogP contribution in [0.25, 0.3) is 0 Å². The van der Waals surface area contributed by atoms with Gasteiger partial charge in [-0.1, -0.05) is 20.3 Å². The van der Waals surface area contributed by atoms with Gasteiger partial charge in [0.15, 0.2) is 0 Å². The Labute approximate surface area is 131 Å². The highest BCUT2D eigenvalue weighted by molar-refractivity contribution is 7.91. The molecule has 0 amide bonds. The Morgan fingerprint density at radius 2 is 2.05 bits per heavy atom. The Morgan fingerprint density at radius 3 is 2.67 bits per heavy atom. The van der Waals surface area contributed by atoms with Gasteiger partial charge in [0.25, 0.3) is 0 Å². The third-order valence-electron chi connectivity index (χ3n) is 4.60. The topological polar surface area (TPSA) is 58.2 Å². The maximum atomic E-state index is 12.5. The highest BCUT2D eigenvalue weighted by atomic mass is 32.2. The van der Waals surface area contributed by atoms with Crippen LogP contribution in [0.5, 0.6) is 0 Å². The first-order valence-corrected chi connectivity index (χ1v) is 10.0. The number of rotatable bonds is 6. The predicted octanol–water partition coefficient (Wildman–Crippen LogP) is 2.86. The van der Waals surface area contributed by atoms with E-state index in [1.807, 2.05) is 6.07 Å². The molecule has 118 valence electrons. The van der Waals surface area contributed by atoms with Crippen LogP contribution in [0.15, 0.2) is 16.3 Å². The molecule has 2 aliphatic rings. The van der Waals surface area contributed by atoms with Crippen molar-refractivity contribution < 1.29 is 8.42 Å². The van der Waals surface area contributed by atoms with E-state index in [1.54, 1.807) is 6.07 Å². The normalized spacial score (nSPS) is 25.3. The zero-order valence-electron chi connectivity index (χ0n) is 12.7. The molecule has 1 atom stereocenters. The summed E-state index contributed by atoms with van der Waals surface area (Å²) in [4.78, 5) is 1.09. The van der Waals surface area contributed by atoms with Crippen LogP contribution in [0.3, 0.4) is 0 Å². The van der Waals surface area contributed by atoms with Crippen LogP contribution >= 0.6 is 11.3 Å². The van der Waals surface area contributed by atoms with Crippen molar-refractivity contribution in [2.45, 2.75) is 68.8 Å². The van der Waals surface area contributed by atoms with Crippen molar-refractivity contribution in [3.63, 3.8) is 0 Å². The molecule has 2 aliphatic carbocycles. The van der Waals surface area contributed by atoms with E-state index in [-0.39, 0.29) is 11.5 Å². The monoisotopic (exact) mass is 328 g/mol. The van der Waals surface area contributed by atoms with Crippen molar-refractivity contribution in [1.29, 1.82) is 0 Å². The molecule has 1 aromatic rings. The minimum absolute atomic E-state index is 0.0534. The van der Waals surface area contributed by atoms with Gasteiger partial charge in [0.05, 0.1) is 0 Å². The van der Waals surface area contributed by atoms with Gasteiger partial charge in [-0.2, -0.15) is 0 Å². The molecule has 3 rings (SSSR count). The van der Waals surface area contributed by atoms with Crippen molar-refractivity contribution in [3.8, 4) is 0 Å². The Kier molecular flexibility index (Phi) is 4.16. The average Bonchev–Trinajstić information content (AvgIpc) is 3.00. The molecular formula is C15H24N2O2S2. The summed E-state index contributed by atoms with van der Waals surface area (Å²) in [6.07, 6.45) is 5.61. The Hall–Kier alpha value is -0.430. The number of nitrogens with one attached hydrogen (secondary N) is 2. The van der Waals surface area contributed by atoms with Gasteiger partial charge in [0.1, 0.15) is 4.21 Å². The second-order valence-electron chi connectivity index (χ2n) is 6.93. The van der Waals surface area contributed by atoms with Crippen molar-refractivity contribution in [2.24, 2.45) is 5.41 Å². The summed E-state index contributed by atoms with van der Waals surface area (Å²) in [5, 5.41) is 3.42. The predicted molar refractivity (Wildman–Crippen MR) is 85.9 cm³/mol. The lowest BCUT2D eigenvalue weighted by Crippen LogP contribution is -2.41. The molecule has 6 heteroatoms. The maximum absolute atomic E-state index is 12.5. The fourth-order valence-electron chi connectivity index (χ4n) is 2.92. The van der Waals surface area contributed by atoms with Crippen molar-refractivity contribution in [3.05, 3.63) is 17.0 Å². The van der Waals surface area contributed by atoms with Crippen LogP contribution in [-0.4, -0.2) is 20.5 Å². The summed E-state index contributed by atoms with van der Waals surface area (Å²) in [5.74, 6) is 0. The van der Waals surface area contributed by atoms with E-state index >= 15 is 0 Å². The summed E-state index contributed by atoms with van der Waals surface area (Å²) in [6, 6.07) is 4.36. The zero-order valence-corrected chi connectivity index (χ0v) is 14.3. The van der Waals surface area contributed by atoms with Crippen LogP contribution in [0.4, 0.5) is 0 Å². The lowest BCUT2D eigenvalue weighted by atomic mass is 9.88. The minimum Gasteiger partial charge on any atom is -0.309 e. The minimum atomic E-state index is -3.38. The zero-order chi connectivity index (χ0) is 15.1. The summed E-state index contributed by atoms with van der Waals surface area (Å²) < 4.78 is 28.4.